The van der Waals surface area contributed by atoms with Gasteiger partial charge in [-0.25, -0.2) is 22.8 Å². The molecule has 0 aliphatic rings. The third-order valence-electron chi connectivity index (χ3n) is 1.00. The first-order chi connectivity index (χ1) is 6.47. The first kappa shape index (κ1) is 12.5. The third-order valence-corrected chi connectivity index (χ3v) is 1.00. The smallest absolute Gasteiger partial charge is 0.417 e. The number of hydrogen-bond acceptors (Lipinski definition) is 4. The van der Waals surface area contributed by atoms with Crippen molar-refractivity contribution in [2.24, 2.45) is 0 Å². The highest BCUT2D eigenvalue weighted by molar-refractivity contribution is 6.29. The summed E-state index contributed by atoms with van der Waals surface area (Å²) in [6.45, 7) is -1.02. The maximum atomic E-state index is 12.3. The maximum Gasteiger partial charge on any atom is 0.417 e. The lowest BCUT2D eigenvalue weighted by Crippen LogP contribution is -2.19. The van der Waals surface area contributed by atoms with E-state index >= 15 is 0 Å². The van der Waals surface area contributed by atoms with Gasteiger partial charge in [-0.2, -0.15) is 0 Å². The highest BCUT2D eigenvalue weighted by Gasteiger charge is 2.16. The van der Waals surface area contributed by atoms with Crippen LogP contribution in [0.1, 0.15) is 0 Å². The second-order valence-corrected chi connectivity index (χ2v) is 2.02. The molecule has 4 nitrogen and oxygen atoms in total. The molecule has 14 heavy (non-hydrogen) atoms. The molecular weight excluding hydrogens is 205 g/mol. The van der Waals surface area contributed by atoms with Crippen molar-refractivity contribution in [1.82, 2.24) is 0 Å². The molecule has 0 saturated heterocycles. The Morgan fingerprint density at radius 2 is 1.93 bits per heavy atom. The van der Waals surface area contributed by atoms with Gasteiger partial charge in [0.2, 0.25) is 0 Å². The molecule has 0 aromatic carbocycles. The minimum Gasteiger partial charge on any atom is -0.461 e. The van der Waals surface area contributed by atoms with Crippen LogP contribution in [-0.4, -0.2) is 32.1 Å². The zero-order chi connectivity index (χ0) is 11.1. The number of alkyl halides is 2. The summed E-state index contributed by atoms with van der Waals surface area (Å²) >= 11 is 0. The summed E-state index contributed by atoms with van der Waals surface area (Å²) in [5.41, 5.74) is 0. The van der Waals surface area contributed by atoms with Gasteiger partial charge in [0.05, 0.1) is 7.11 Å². The molecule has 0 aliphatic carbocycles. The number of esters is 2. The summed E-state index contributed by atoms with van der Waals surface area (Å²) in [5.74, 6) is -4.10. The lowest BCUT2D eigenvalue weighted by atomic mass is 10.5. The average molecular weight is 212 g/mol. The van der Waals surface area contributed by atoms with Crippen LogP contribution < -0.4 is 0 Å². The fourth-order valence-electron chi connectivity index (χ4n) is 0.462. The van der Waals surface area contributed by atoms with Crippen molar-refractivity contribution in [2.75, 3.05) is 13.7 Å². The van der Waals surface area contributed by atoms with E-state index in [1.807, 2.05) is 0 Å². The molecule has 0 atom stereocenters. The van der Waals surface area contributed by atoms with Crippen molar-refractivity contribution in [2.45, 2.75) is 6.43 Å². The molecule has 0 radical (unpaired) electrons. The van der Waals surface area contributed by atoms with Crippen molar-refractivity contribution in [3.8, 4) is 0 Å². The van der Waals surface area contributed by atoms with Gasteiger partial charge in [-0.1, -0.05) is 0 Å². The molecule has 0 aromatic heterocycles. The van der Waals surface area contributed by atoms with Gasteiger partial charge in [0.15, 0.2) is 0 Å². The summed E-state index contributed by atoms with van der Waals surface area (Å²) in [5, 5.41) is 0. The zero-order valence-corrected chi connectivity index (χ0v) is 7.13. The van der Waals surface area contributed by atoms with Gasteiger partial charge >= 0.3 is 11.9 Å². The van der Waals surface area contributed by atoms with E-state index in [1.54, 1.807) is 0 Å². The van der Waals surface area contributed by atoms with Crippen LogP contribution in [-0.2, 0) is 19.1 Å². The van der Waals surface area contributed by atoms with Crippen molar-refractivity contribution in [1.29, 1.82) is 0 Å². The van der Waals surface area contributed by atoms with Crippen molar-refractivity contribution >= 4 is 11.9 Å². The minimum absolute atomic E-state index is 0.0371. The van der Waals surface area contributed by atoms with Crippen LogP contribution in [0, 0.1) is 0 Å². The number of halogens is 3. The molecule has 0 aromatic rings. The number of carbonyl (C=O) groups excluding carboxylic acids is 2. The van der Waals surface area contributed by atoms with Crippen molar-refractivity contribution in [3.63, 3.8) is 0 Å². The normalized spacial score (nSPS) is 11.4. The van der Waals surface area contributed by atoms with E-state index in [9.17, 15) is 22.8 Å². The van der Waals surface area contributed by atoms with Gasteiger partial charge in [0.1, 0.15) is 12.4 Å². The first-order valence-electron chi connectivity index (χ1n) is 3.36. The largest absolute Gasteiger partial charge is 0.461 e. The Labute approximate surface area is 77.3 Å². The zero-order valence-electron chi connectivity index (χ0n) is 7.13. The molecule has 0 N–H and O–H groups in total. The second kappa shape index (κ2) is 6.01. The monoisotopic (exact) mass is 212 g/mol. The number of carbonyl (C=O) groups is 2. The van der Waals surface area contributed by atoms with Gasteiger partial charge in [0.25, 0.3) is 6.43 Å². The van der Waals surface area contributed by atoms with Gasteiger partial charge in [0, 0.05) is 6.08 Å². The Morgan fingerprint density at radius 3 is 2.36 bits per heavy atom. The summed E-state index contributed by atoms with van der Waals surface area (Å²) in [7, 11) is 0.926. The van der Waals surface area contributed by atoms with E-state index in [4.69, 9.17) is 0 Å². The van der Waals surface area contributed by atoms with E-state index in [1.165, 1.54) is 0 Å². The Bertz CT molecular complexity index is 249. The second-order valence-electron chi connectivity index (χ2n) is 2.02. The van der Waals surface area contributed by atoms with Crippen LogP contribution in [0.15, 0.2) is 11.9 Å². The summed E-state index contributed by atoms with van der Waals surface area (Å²) in [4.78, 5) is 20.8. The Morgan fingerprint density at radius 1 is 1.36 bits per heavy atom. The molecule has 7 heteroatoms. The molecule has 0 amide bonds. The minimum atomic E-state index is -2.98. The fourth-order valence-corrected chi connectivity index (χ4v) is 0.462. The van der Waals surface area contributed by atoms with Crippen LogP contribution in [0.3, 0.4) is 0 Å². The third kappa shape index (κ3) is 5.18. The Balaban J connectivity index is 3.95. The summed E-state index contributed by atoms with van der Waals surface area (Å²) in [6, 6.07) is 0. The lowest BCUT2D eigenvalue weighted by Gasteiger charge is -2.00. The molecular formula is C7H7F3O4. The number of methoxy groups -OCH3 is 1. The lowest BCUT2D eigenvalue weighted by molar-refractivity contribution is -0.165. The number of hydrogen-bond donors (Lipinski definition) is 0. The van der Waals surface area contributed by atoms with E-state index in [0.29, 0.717) is 0 Å². The van der Waals surface area contributed by atoms with E-state index < -0.39 is 30.8 Å². The highest BCUT2D eigenvalue weighted by Crippen LogP contribution is 2.03. The van der Waals surface area contributed by atoms with E-state index in [2.05, 4.69) is 9.47 Å². The van der Waals surface area contributed by atoms with Crippen LogP contribution in [0.4, 0.5) is 13.2 Å². The quantitative estimate of drug-likeness (QED) is 0.513. The molecule has 0 heterocycles. The van der Waals surface area contributed by atoms with Crippen molar-refractivity contribution < 1.29 is 32.2 Å². The van der Waals surface area contributed by atoms with Crippen LogP contribution in [0.2, 0.25) is 0 Å². The van der Waals surface area contributed by atoms with Crippen molar-refractivity contribution in [3.05, 3.63) is 11.9 Å². The average Bonchev–Trinajstić information content (AvgIpc) is 2.11. The van der Waals surface area contributed by atoms with Gasteiger partial charge in [-0.05, 0) is 0 Å². The highest BCUT2D eigenvalue weighted by atomic mass is 19.3. The molecule has 0 rings (SSSR count). The number of allylic oxidation sites excluding steroid dienone is 1. The predicted octanol–water partition coefficient (Wildman–Crippen LogP) is 0.821. The molecule has 80 valence electrons. The molecule has 0 saturated carbocycles. The molecule has 0 bridgehead atoms. The Kier molecular flexibility index (Phi) is 5.35. The van der Waals surface area contributed by atoms with Gasteiger partial charge in [-0.15, -0.1) is 0 Å². The molecule has 0 spiro atoms. The predicted molar refractivity (Wildman–Crippen MR) is 38.2 cm³/mol. The fraction of sp³-hybridized carbons (Fsp3) is 0.429. The number of rotatable bonds is 3. The summed E-state index contributed by atoms with van der Waals surface area (Å²) in [6.07, 6.45) is -3.02. The molecule has 0 unspecified atom stereocenters. The molecule has 0 aliphatic heterocycles. The van der Waals surface area contributed by atoms with Gasteiger partial charge in [-0.3, -0.25) is 0 Å². The summed E-state index contributed by atoms with van der Waals surface area (Å²) < 4.78 is 43.2. The van der Waals surface area contributed by atoms with E-state index in [-0.39, 0.29) is 6.08 Å². The van der Waals surface area contributed by atoms with Crippen LogP contribution in [0.5, 0.6) is 0 Å². The van der Waals surface area contributed by atoms with E-state index in [0.717, 1.165) is 7.11 Å². The Hall–Kier alpha value is -1.53. The topological polar surface area (TPSA) is 52.6 Å². The van der Waals surface area contributed by atoms with Crippen LogP contribution >= 0.6 is 0 Å². The maximum absolute atomic E-state index is 12.3. The molecule has 0 fully saturated rings. The standard InChI is InChI=1S/C7H7F3O4/c1-13-6(11)7(12)14-3-4(8)2-5(9)10/h2,5H,3H2,1H3/b4-2-. The first-order valence-corrected chi connectivity index (χ1v) is 3.36. The van der Waals surface area contributed by atoms with Crippen LogP contribution in [0.25, 0.3) is 0 Å². The van der Waals surface area contributed by atoms with Gasteiger partial charge < -0.3 is 9.47 Å². The number of ether oxygens (including phenoxy) is 2. The SMILES string of the molecule is COC(=O)C(=O)OC/C(F)=C/C(F)F.